The lowest BCUT2D eigenvalue weighted by molar-refractivity contribution is 0.532. The highest BCUT2D eigenvalue weighted by molar-refractivity contribution is 5.91. The smallest absolute Gasteiger partial charge is 0.195 e. The maximum atomic E-state index is 14.5. The average Bonchev–Trinajstić information content (AvgIpc) is 2.55. The standard InChI is InChI=1S/C17H13F3N2O2/c1-2-8-14(19)16(22)13-11(23)6-12(24-17(13)15(8)20)7-3-4-10(21)9(18)5-7/h3-6H,2,21-22H2,1H3. The van der Waals surface area contributed by atoms with Crippen molar-refractivity contribution in [2.45, 2.75) is 13.3 Å². The molecule has 0 aliphatic rings. The van der Waals surface area contributed by atoms with Crippen LogP contribution < -0.4 is 16.9 Å². The summed E-state index contributed by atoms with van der Waals surface area (Å²) >= 11 is 0. The Morgan fingerprint density at radius 2 is 1.79 bits per heavy atom. The molecule has 4 N–H and O–H groups in total. The van der Waals surface area contributed by atoms with E-state index in [1.165, 1.54) is 12.1 Å². The SMILES string of the molecule is CCc1c(F)c(N)c2c(=O)cc(-c3ccc(N)c(F)c3)oc2c1F. The van der Waals surface area contributed by atoms with Crippen LogP contribution >= 0.6 is 0 Å². The van der Waals surface area contributed by atoms with Gasteiger partial charge in [-0.3, -0.25) is 4.79 Å². The second-order valence-corrected chi connectivity index (χ2v) is 5.29. The Labute approximate surface area is 134 Å². The van der Waals surface area contributed by atoms with Gasteiger partial charge in [0, 0.05) is 17.2 Å². The minimum absolute atomic E-state index is 0.0300. The van der Waals surface area contributed by atoms with Crippen molar-refractivity contribution in [2.75, 3.05) is 11.5 Å². The van der Waals surface area contributed by atoms with Crippen LogP contribution in [0.3, 0.4) is 0 Å². The van der Waals surface area contributed by atoms with Gasteiger partial charge in [-0.2, -0.15) is 0 Å². The zero-order valence-corrected chi connectivity index (χ0v) is 12.6. The van der Waals surface area contributed by atoms with E-state index < -0.39 is 34.2 Å². The average molecular weight is 334 g/mol. The van der Waals surface area contributed by atoms with Gasteiger partial charge in [-0.15, -0.1) is 0 Å². The predicted molar refractivity (Wildman–Crippen MR) is 86.0 cm³/mol. The normalized spacial score (nSPS) is 11.2. The van der Waals surface area contributed by atoms with Gasteiger partial charge in [0.15, 0.2) is 22.6 Å². The van der Waals surface area contributed by atoms with Crippen LogP contribution in [0.5, 0.6) is 0 Å². The molecule has 3 rings (SSSR count). The second kappa shape index (κ2) is 5.59. The van der Waals surface area contributed by atoms with Crippen LogP contribution in [0.15, 0.2) is 33.5 Å². The van der Waals surface area contributed by atoms with Crippen molar-refractivity contribution in [1.82, 2.24) is 0 Å². The van der Waals surface area contributed by atoms with E-state index in [0.717, 1.165) is 12.1 Å². The molecule has 0 aliphatic carbocycles. The van der Waals surface area contributed by atoms with Gasteiger partial charge < -0.3 is 15.9 Å². The third-order valence-corrected chi connectivity index (χ3v) is 3.82. The Hall–Kier alpha value is -2.96. The van der Waals surface area contributed by atoms with Crippen LogP contribution in [0.25, 0.3) is 22.3 Å². The van der Waals surface area contributed by atoms with E-state index in [1.54, 1.807) is 6.92 Å². The lowest BCUT2D eigenvalue weighted by atomic mass is 10.0. The summed E-state index contributed by atoms with van der Waals surface area (Å²) in [5, 5.41) is -0.373. The number of hydrogen-bond acceptors (Lipinski definition) is 4. The largest absolute Gasteiger partial charge is 0.453 e. The highest BCUT2D eigenvalue weighted by Crippen LogP contribution is 2.32. The zero-order chi connectivity index (χ0) is 17.6. The Balaban J connectivity index is 2.38. The molecule has 4 nitrogen and oxygen atoms in total. The van der Waals surface area contributed by atoms with Crippen LogP contribution in [0.1, 0.15) is 12.5 Å². The molecule has 0 atom stereocenters. The number of nitrogens with two attached hydrogens (primary N) is 2. The summed E-state index contributed by atoms with van der Waals surface area (Å²) < 4.78 is 47.6. The Morgan fingerprint density at radius 3 is 2.42 bits per heavy atom. The molecule has 1 aromatic heterocycles. The van der Waals surface area contributed by atoms with Gasteiger partial charge in [0.05, 0.1) is 16.8 Å². The molecule has 124 valence electrons. The summed E-state index contributed by atoms with van der Waals surface area (Å²) in [6, 6.07) is 4.79. The molecule has 0 fully saturated rings. The van der Waals surface area contributed by atoms with Crippen molar-refractivity contribution >= 4 is 22.3 Å². The summed E-state index contributed by atoms with van der Waals surface area (Å²) in [5.74, 6) is -2.74. The number of nitrogen functional groups attached to an aromatic ring is 2. The lowest BCUT2D eigenvalue weighted by Gasteiger charge is -2.11. The lowest BCUT2D eigenvalue weighted by Crippen LogP contribution is -2.10. The highest BCUT2D eigenvalue weighted by Gasteiger charge is 2.22. The fourth-order valence-electron chi connectivity index (χ4n) is 2.54. The van der Waals surface area contributed by atoms with Gasteiger partial charge >= 0.3 is 0 Å². The third kappa shape index (κ3) is 2.29. The highest BCUT2D eigenvalue weighted by atomic mass is 19.1. The van der Waals surface area contributed by atoms with Gasteiger partial charge in [-0.25, -0.2) is 13.2 Å². The molecule has 0 unspecified atom stereocenters. The number of hydrogen-bond donors (Lipinski definition) is 2. The summed E-state index contributed by atoms with van der Waals surface area (Å²) in [7, 11) is 0. The molecule has 0 bridgehead atoms. The third-order valence-electron chi connectivity index (χ3n) is 3.82. The first-order chi connectivity index (χ1) is 11.3. The zero-order valence-electron chi connectivity index (χ0n) is 12.6. The maximum absolute atomic E-state index is 14.5. The molecule has 2 aromatic carbocycles. The Bertz CT molecular complexity index is 1030. The van der Waals surface area contributed by atoms with Gasteiger partial charge in [0.25, 0.3) is 0 Å². The fourth-order valence-corrected chi connectivity index (χ4v) is 2.54. The first-order valence-corrected chi connectivity index (χ1v) is 7.13. The van der Waals surface area contributed by atoms with Crippen LogP contribution in [-0.4, -0.2) is 0 Å². The van der Waals surface area contributed by atoms with Crippen molar-refractivity contribution in [3.63, 3.8) is 0 Å². The number of anilines is 2. The number of rotatable bonds is 2. The van der Waals surface area contributed by atoms with Crippen molar-refractivity contribution < 1.29 is 17.6 Å². The summed E-state index contributed by atoms with van der Waals surface area (Å²) in [4.78, 5) is 12.3. The molecule has 0 radical (unpaired) electrons. The molecule has 1 heterocycles. The van der Waals surface area contributed by atoms with Crippen molar-refractivity contribution in [3.8, 4) is 11.3 Å². The monoisotopic (exact) mass is 334 g/mol. The molecule has 0 saturated carbocycles. The molecular formula is C17H13F3N2O2. The predicted octanol–water partition coefficient (Wildman–Crippen LogP) is 3.60. The molecule has 7 heteroatoms. The Kier molecular flexibility index (Phi) is 3.71. The topological polar surface area (TPSA) is 82.2 Å². The molecule has 0 aliphatic heterocycles. The summed E-state index contributed by atoms with van der Waals surface area (Å²) in [6.07, 6.45) is 0.0300. The molecule has 0 amide bonds. The van der Waals surface area contributed by atoms with Crippen LogP contribution in [0.2, 0.25) is 0 Å². The quantitative estimate of drug-likeness (QED) is 0.702. The molecule has 0 spiro atoms. The number of benzene rings is 2. The Morgan fingerprint density at radius 1 is 1.08 bits per heavy atom. The molecular weight excluding hydrogens is 321 g/mol. The number of fused-ring (bicyclic) bond motifs is 1. The van der Waals surface area contributed by atoms with Crippen molar-refractivity contribution in [1.29, 1.82) is 0 Å². The molecule has 3 aromatic rings. The summed E-state index contributed by atoms with van der Waals surface area (Å²) in [5.41, 5.74) is 9.22. The van der Waals surface area contributed by atoms with E-state index in [9.17, 15) is 18.0 Å². The summed E-state index contributed by atoms with van der Waals surface area (Å²) in [6.45, 7) is 1.55. The molecule has 24 heavy (non-hydrogen) atoms. The van der Waals surface area contributed by atoms with Gasteiger partial charge in [-0.05, 0) is 24.6 Å². The first kappa shape index (κ1) is 15.9. The maximum Gasteiger partial charge on any atom is 0.195 e. The van der Waals surface area contributed by atoms with E-state index in [-0.39, 0.29) is 34.4 Å². The van der Waals surface area contributed by atoms with Gasteiger partial charge in [0.2, 0.25) is 0 Å². The van der Waals surface area contributed by atoms with Crippen molar-refractivity contribution in [2.24, 2.45) is 0 Å². The number of halogens is 3. The van der Waals surface area contributed by atoms with E-state index >= 15 is 0 Å². The fraction of sp³-hybridized carbons (Fsp3) is 0.118. The minimum Gasteiger partial charge on any atom is -0.453 e. The van der Waals surface area contributed by atoms with Gasteiger partial charge in [-0.1, -0.05) is 6.92 Å². The minimum atomic E-state index is -0.992. The first-order valence-electron chi connectivity index (χ1n) is 7.13. The second-order valence-electron chi connectivity index (χ2n) is 5.29. The van der Waals surface area contributed by atoms with E-state index in [2.05, 4.69) is 0 Å². The van der Waals surface area contributed by atoms with Crippen LogP contribution in [0, 0.1) is 17.5 Å². The van der Waals surface area contributed by atoms with Crippen LogP contribution in [0.4, 0.5) is 24.5 Å². The molecule has 0 saturated heterocycles. The van der Waals surface area contributed by atoms with E-state index in [0.29, 0.717) is 0 Å². The van der Waals surface area contributed by atoms with Gasteiger partial charge in [0.1, 0.15) is 11.6 Å². The van der Waals surface area contributed by atoms with E-state index in [1.807, 2.05) is 0 Å². The van der Waals surface area contributed by atoms with Crippen LogP contribution in [-0.2, 0) is 6.42 Å². The van der Waals surface area contributed by atoms with E-state index in [4.69, 9.17) is 15.9 Å². The van der Waals surface area contributed by atoms with Crippen molar-refractivity contribution in [3.05, 3.63) is 57.5 Å².